The van der Waals surface area contributed by atoms with E-state index in [1.54, 1.807) is 12.4 Å². The van der Waals surface area contributed by atoms with Gasteiger partial charge in [-0.1, -0.05) is 6.92 Å². The second kappa shape index (κ2) is 7.01. The number of amides is 1. The second-order valence-corrected chi connectivity index (χ2v) is 4.45. The molecule has 0 aliphatic rings. The number of nitrogens with two attached hydrogens (primary N) is 1. The summed E-state index contributed by atoms with van der Waals surface area (Å²) in [6, 6.07) is 3.85. The number of nitrogens with one attached hydrogen (secondary N) is 1. The van der Waals surface area contributed by atoms with E-state index in [1.165, 1.54) is 0 Å². The van der Waals surface area contributed by atoms with Crippen molar-refractivity contribution >= 4 is 5.91 Å². The van der Waals surface area contributed by atoms with E-state index in [0.29, 0.717) is 18.9 Å². The fraction of sp³-hybridized carbons (Fsp3) is 0.538. The van der Waals surface area contributed by atoms with Crippen molar-refractivity contribution in [3.8, 4) is 0 Å². The van der Waals surface area contributed by atoms with E-state index < -0.39 is 0 Å². The van der Waals surface area contributed by atoms with Gasteiger partial charge in [-0.25, -0.2) is 0 Å². The van der Waals surface area contributed by atoms with Gasteiger partial charge in [-0.15, -0.1) is 0 Å². The lowest BCUT2D eigenvalue weighted by Crippen LogP contribution is -2.27. The molecular formula is C13H21N3O. The van der Waals surface area contributed by atoms with Gasteiger partial charge in [-0.2, -0.15) is 0 Å². The molecule has 0 bridgehead atoms. The average molecular weight is 235 g/mol. The SMILES string of the molecule is CC(CN)CCC(=O)N[C@@H](C)c1ccncc1. The molecule has 2 atom stereocenters. The van der Waals surface area contributed by atoms with Crippen molar-refractivity contribution in [3.05, 3.63) is 30.1 Å². The Balaban J connectivity index is 2.36. The first kappa shape index (κ1) is 13.6. The van der Waals surface area contributed by atoms with E-state index in [0.717, 1.165) is 12.0 Å². The van der Waals surface area contributed by atoms with E-state index in [-0.39, 0.29) is 11.9 Å². The molecule has 3 N–H and O–H groups in total. The minimum absolute atomic E-state index is 0.0266. The maximum atomic E-state index is 11.7. The van der Waals surface area contributed by atoms with Crippen LogP contribution in [0.4, 0.5) is 0 Å². The van der Waals surface area contributed by atoms with E-state index in [1.807, 2.05) is 19.1 Å². The average Bonchev–Trinajstić information content (AvgIpc) is 2.36. The summed E-state index contributed by atoms with van der Waals surface area (Å²) in [6.45, 7) is 4.66. The van der Waals surface area contributed by atoms with Crippen LogP contribution in [0.25, 0.3) is 0 Å². The van der Waals surface area contributed by atoms with Crippen LogP contribution in [0, 0.1) is 5.92 Å². The quantitative estimate of drug-likeness (QED) is 0.787. The molecule has 4 nitrogen and oxygen atoms in total. The minimum atomic E-state index is 0.0266. The summed E-state index contributed by atoms with van der Waals surface area (Å²) in [4.78, 5) is 15.6. The number of carbonyl (C=O) groups is 1. The molecule has 0 fully saturated rings. The van der Waals surface area contributed by atoms with Crippen LogP contribution in [-0.4, -0.2) is 17.4 Å². The van der Waals surface area contributed by atoms with Crippen molar-refractivity contribution < 1.29 is 4.79 Å². The molecule has 1 unspecified atom stereocenters. The Morgan fingerprint density at radius 1 is 1.41 bits per heavy atom. The molecule has 1 amide bonds. The standard InChI is InChI=1S/C13H21N3O/c1-10(9-14)3-4-13(17)16-11(2)12-5-7-15-8-6-12/h5-8,10-11H,3-4,9,14H2,1-2H3,(H,16,17)/t10?,11-/m0/s1. The zero-order chi connectivity index (χ0) is 12.7. The number of hydrogen-bond donors (Lipinski definition) is 2. The van der Waals surface area contributed by atoms with E-state index in [2.05, 4.69) is 17.2 Å². The highest BCUT2D eigenvalue weighted by Crippen LogP contribution is 2.11. The van der Waals surface area contributed by atoms with Crippen LogP contribution in [-0.2, 0) is 4.79 Å². The zero-order valence-corrected chi connectivity index (χ0v) is 10.5. The third-order valence-electron chi connectivity index (χ3n) is 2.85. The Morgan fingerprint density at radius 2 is 2.06 bits per heavy atom. The van der Waals surface area contributed by atoms with Gasteiger partial charge >= 0.3 is 0 Å². The summed E-state index contributed by atoms with van der Waals surface area (Å²) in [5.74, 6) is 0.478. The molecule has 1 aromatic rings. The van der Waals surface area contributed by atoms with Crippen LogP contribution in [0.15, 0.2) is 24.5 Å². The van der Waals surface area contributed by atoms with Gasteiger partial charge < -0.3 is 11.1 Å². The molecule has 0 aliphatic carbocycles. The Hall–Kier alpha value is -1.42. The van der Waals surface area contributed by atoms with Crippen molar-refractivity contribution in [2.45, 2.75) is 32.7 Å². The molecule has 17 heavy (non-hydrogen) atoms. The first-order valence-electron chi connectivity index (χ1n) is 6.02. The molecule has 4 heteroatoms. The van der Waals surface area contributed by atoms with Gasteiger partial charge in [0.25, 0.3) is 0 Å². The van der Waals surface area contributed by atoms with Crippen LogP contribution in [0.5, 0.6) is 0 Å². The summed E-state index contributed by atoms with van der Waals surface area (Å²) in [5, 5.41) is 2.97. The highest BCUT2D eigenvalue weighted by atomic mass is 16.1. The van der Waals surface area contributed by atoms with Crippen LogP contribution < -0.4 is 11.1 Å². The van der Waals surface area contributed by atoms with Crippen LogP contribution in [0.1, 0.15) is 38.3 Å². The zero-order valence-electron chi connectivity index (χ0n) is 10.5. The van der Waals surface area contributed by atoms with Gasteiger partial charge in [0.2, 0.25) is 5.91 Å². The molecule has 0 saturated heterocycles. The monoisotopic (exact) mass is 235 g/mol. The summed E-state index contributed by atoms with van der Waals surface area (Å²) >= 11 is 0. The van der Waals surface area contributed by atoms with Crippen molar-refractivity contribution in [3.63, 3.8) is 0 Å². The Kier molecular flexibility index (Phi) is 5.63. The Morgan fingerprint density at radius 3 is 2.65 bits per heavy atom. The van der Waals surface area contributed by atoms with Crippen LogP contribution in [0.2, 0.25) is 0 Å². The molecular weight excluding hydrogens is 214 g/mol. The first-order chi connectivity index (χ1) is 8.13. The van der Waals surface area contributed by atoms with Gasteiger partial charge in [-0.05, 0) is 43.5 Å². The molecule has 0 spiro atoms. The maximum absolute atomic E-state index is 11.7. The lowest BCUT2D eigenvalue weighted by molar-refractivity contribution is -0.122. The van der Waals surface area contributed by atoms with Gasteiger partial charge in [0.1, 0.15) is 0 Å². The third kappa shape index (κ3) is 4.95. The Bertz CT molecular complexity index is 340. The number of aromatic nitrogens is 1. The van der Waals surface area contributed by atoms with Crippen molar-refractivity contribution in [2.24, 2.45) is 11.7 Å². The smallest absolute Gasteiger partial charge is 0.220 e. The largest absolute Gasteiger partial charge is 0.350 e. The van der Waals surface area contributed by atoms with Gasteiger partial charge in [-0.3, -0.25) is 9.78 Å². The number of rotatable bonds is 6. The normalized spacial score (nSPS) is 14.1. The van der Waals surface area contributed by atoms with Crippen molar-refractivity contribution in [1.29, 1.82) is 0 Å². The van der Waals surface area contributed by atoms with Crippen LogP contribution >= 0.6 is 0 Å². The van der Waals surface area contributed by atoms with E-state index in [4.69, 9.17) is 5.73 Å². The lowest BCUT2D eigenvalue weighted by atomic mass is 10.1. The fourth-order valence-corrected chi connectivity index (χ4v) is 1.54. The number of hydrogen-bond acceptors (Lipinski definition) is 3. The fourth-order valence-electron chi connectivity index (χ4n) is 1.54. The highest BCUT2D eigenvalue weighted by molar-refractivity contribution is 5.76. The van der Waals surface area contributed by atoms with Crippen LogP contribution in [0.3, 0.4) is 0 Å². The van der Waals surface area contributed by atoms with Crippen molar-refractivity contribution in [2.75, 3.05) is 6.54 Å². The van der Waals surface area contributed by atoms with Crippen molar-refractivity contribution in [1.82, 2.24) is 10.3 Å². The van der Waals surface area contributed by atoms with E-state index in [9.17, 15) is 4.79 Å². The Labute approximate surface area is 103 Å². The molecule has 94 valence electrons. The molecule has 1 heterocycles. The molecule has 0 radical (unpaired) electrons. The second-order valence-electron chi connectivity index (χ2n) is 4.45. The number of pyridine rings is 1. The van der Waals surface area contributed by atoms with Gasteiger partial charge in [0, 0.05) is 18.8 Å². The minimum Gasteiger partial charge on any atom is -0.350 e. The van der Waals surface area contributed by atoms with E-state index >= 15 is 0 Å². The molecule has 0 aliphatic heterocycles. The summed E-state index contributed by atoms with van der Waals surface area (Å²) in [6.07, 6.45) is 4.84. The summed E-state index contributed by atoms with van der Waals surface area (Å²) in [7, 11) is 0. The predicted molar refractivity (Wildman–Crippen MR) is 68.2 cm³/mol. The third-order valence-corrected chi connectivity index (χ3v) is 2.85. The molecule has 1 aromatic heterocycles. The summed E-state index contributed by atoms with van der Waals surface area (Å²) in [5.41, 5.74) is 6.58. The number of nitrogens with zero attached hydrogens (tertiary/aromatic N) is 1. The lowest BCUT2D eigenvalue weighted by Gasteiger charge is -2.15. The molecule has 0 saturated carbocycles. The van der Waals surface area contributed by atoms with Gasteiger partial charge in [0.05, 0.1) is 6.04 Å². The molecule has 0 aromatic carbocycles. The first-order valence-corrected chi connectivity index (χ1v) is 6.02. The highest BCUT2D eigenvalue weighted by Gasteiger charge is 2.10. The molecule has 1 rings (SSSR count). The summed E-state index contributed by atoms with van der Waals surface area (Å²) < 4.78 is 0. The maximum Gasteiger partial charge on any atom is 0.220 e. The number of carbonyl (C=O) groups excluding carboxylic acids is 1. The predicted octanol–water partition coefficient (Wildman–Crippen LogP) is 1.63. The topological polar surface area (TPSA) is 68.0 Å². The van der Waals surface area contributed by atoms with Gasteiger partial charge in [0.15, 0.2) is 0 Å².